The van der Waals surface area contributed by atoms with Crippen LogP contribution in [0.5, 0.6) is 11.5 Å². The second-order valence-corrected chi connectivity index (χ2v) is 28.0. The van der Waals surface area contributed by atoms with Gasteiger partial charge in [0.05, 0.1) is 45.9 Å². The Morgan fingerprint density at radius 3 is 1.26 bits per heavy atom. The van der Waals surface area contributed by atoms with Crippen molar-refractivity contribution in [1.29, 1.82) is 0 Å². The molecule has 9 N–H and O–H groups in total. The molecule has 37 heteroatoms. The number of rotatable bonds is 23. The van der Waals surface area contributed by atoms with Crippen molar-refractivity contribution >= 4 is 101 Å². The first-order valence-electron chi connectivity index (χ1n) is 25.6. The van der Waals surface area contributed by atoms with Gasteiger partial charge in [-0.2, -0.15) is 65.7 Å². The predicted octanol–water partition coefficient (Wildman–Crippen LogP) is 6.69. The summed E-state index contributed by atoms with van der Waals surface area (Å²) in [5.41, 5.74) is 1.25. The minimum atomic E-state index is -4.98. The van der Waals surface area contributed by atoms with Crippen LogP contribution in [0, 0.1) is 13.8 Å². The summed E-state index contributed by atoms with van der Waals surface area (Å²) in [6.45, 7) is 4.58. The SMILES string of the molecule is Cc1cc(N=c2nc(N3CCNCC3)[nH]c(=Nc3cc(C)c(N=Nc4ccc(-c5ccc(S(=O)(=O)O)cc5)cc4S(=O)(=O)O)cc3OCCCS(=O)(=O)O)[nH]2)c(OCCCS(=O)(=O)O)cc1N=Nc1ccc(-c2ccc(S(=O)(=O)O)cc2)cc1S(=O)(=O)O. The highest BCUT2D eigenvalue weighted by Gasteiger charge is 2.22. The first kappa shape index (κ1) is 65.9. The Morgan fingerprint density at radius 2 is 0.864 bits per heavy atom. The number of ether oxygens (including phenoxy) is 2. The second-order valence-electron chi connectivity index (χ2n) is 19.2. The molecule has 0 spiro atoms. The van der Waals surface area contributed by atoms with Crippen molar-refractivity contribution in [2.75, 3.05) is 55.8 Å². The maximum absolute atomic E-state index is 12.7. The fraction of sp³-hybridized carbons (Fsp3) is 0.235. The molecular formula is C51H53N11O20S6. The van der Waals surface area contributed by atoms with Gasteiger partial charge in [-0.05, 0) is 121 Å². The molecule has 1 aliphatic heterocycles. The van der Waals surface area contributed by atoms with Gasteiger partial charge >= 0.3 is 0 Å². The Labute approximate surface area is 503 Å². The van der Waals surface area contributed by atoms with Crippen molar-refractivity contribution in [3.8, 4) is 33.8 Å². The van der Waals surface area contributed by atoms with Crippen LogP contribution in [0.1, 0.15) is 24.0 Å². The Morgan fingerprint density at radius 1 is 0.466 bits per heavy atom. The van der Waals surface area contributed by atoms with Crippen LogP contribution < -0.4 is 30.9 Å². The average Bonchev–Trinajstić information content (AvgIpc) is 1.74. The van der Waals surface area contributed by atoms with Crippen LogP contribution >= 0.6 is 0 Å². The van der Waals surface area contributed by atoms with Gasteiger partial charge in [-0.1, -0.05) is 36.4 Å². The molecule has 468 valence electrons. The van der Waals surface area contributed by atoms with Gasteiger partial charge in [0, 0.05) is 38.3 Å². The molecule has 1 saturated heterocycles. The molecule has 0 aliphatic carbocycles. The molecule has 31 nitrogen and oxygen atoms in total. The molecule has 0 bridgehead atoms. The van der Waals surface area contributed by atoms with E-state index in [0.717, 1.165) is 36.4 Å². The van der Waals surface area contributed by atoms with Crippen LogP contribution in [0.25, 0.3) is 22.3 Å². The maximum Gasteiger partial charge on any atom is 0.296 e. The summed E-state index contributed by atoms with van der Waals surface area (Å²) in [7, 11) is -27.9. The molecule has 1 aromatic heterocycles. The Bertz CT molecular complexity index is 4460. The van der Waals surface area contributed by atoms with Gasteiger partial charge in [-0.25, -0.2) is 9.98 Å². The molecule has 1 aliphatic rings. The molecule has 0 radical (unpaired) electrons. The van der Waals surface area contributed by atoms with Gasteiger partial charge in [0.15, 0.2) is 0 Å². The maximum atomic E-state index is 12.7. The molecule has 7 aromatic rings. The van der Waals surface area contributed by atoms with E-state index in [4.69, 9.17) is 24.4 Å². The van der Waals surface area contributed by atoms with E-state index in [0.29, 0.717) is 48.4 Å². The fourth-order valence-electron chi connectivity index (χ4n) is 8.38. The number of aryl methyl sites for hydroxylation is 2. The highest BCUT2D eigenvalue weighted by atomic mass is 32.2. The second kappa shape index (κ2) is 26.7. The summed E-state index contributed by atoms with van der Waals surface area (Å²) >= 11 is 0. The molecule has 0 amide bonds. The van der Waals surface area contributed by atoms with Crippen LogP contribution in [0.4, 0.5) is 40.1 Å². The number of nitrogens with zero attached hydrogens (tertiary/aromatic N) is 8. The van der Waals surface area contributed by atoms with Gasteiger partial charge in [0.2, 0.25) is 17.2 Å². The number of hydrogen-bond acceptors (Lipinski definition) is 23. The van der Waals surface area contributed by atoms with E-state index in [9.17, 15) is 77.8 Å². The molecule has 1 fully saturated rings. The predicted molar refractivity (Wildman–Crippen MR) is 315 cm³/mol. The summed E-state index contributed by atoms with van der Waals surface area (Å²) in [4.78, 5) is 20.1. The van der Waals surface area contributed by atoms with E-state index < -0.39 is 91.8 Å². The van der Waals surface area contributed by atoms with E-state index in [1.807, 2.05) is 4.90 Å². The first-order chi connectivity index (χ1) is 41.2. The number of aromatic amines is 2. The van der Waals surface area contributed by atoms with E-state index in [2.05, 4.69) is 35.7 Å². The lowest BCUT2D eigenvalue weighted by Crippen LogP contribution is -2.46. The van der Waals surface area contributed by atoms with Gasteiger partial charge in [-0.3, -0.25) is 37.3 Å². The van der Waals surface area contributed by atoms with Crippen molar-refractivity contribution in [3.63, 3.8) is 0 Å². The molecular weight excluding hydrogens is 1280 g/mol. The Kier molecular flexibility index (Phi) is 20.0. The quantitative estimate of drug-likeness (QED) is 0.0183. The number of hydrogen-bond donors (Lipinski definition) is 9. The third kappa shape index (κ3) is 18.0. The van der Waals surface area contributed by atoms with E-state index in [1.54, 1.807) is 13.8 Å². The number of anilines is 1. The van der Waals surface area contributed by atoms with E-state index >= 15 is 0 Å². The molecule has 6 aromatic carbocycles. The third-order valence-electron chi connectivity index (χ3n) is 12.7. The number of benzene rings is 6. The third-order valence-corrected chi connectivity index (χ3v) is 17.8. The summed E-state index contributed by atoms with van der Waals surface area (Å²) < 4.78 is 214. The van der Waals surface area contributed by atoms with Crippen LogP contribution in [0.15, 0.2) is 159 Å². The molecule has 0 unspecified atom stereocenters. The monoisotopic (exact) mass is 1330 g/mol. The minimum absolute atomic E-state index is 0.0158. The van der Waals surface area contributed by atoms with Gasteiger partial charge in [-0.15, -0.1) is 10.2 Å². The van der Waals surface area contributed by atoms with Crippen LogP contribution in [-0.2, 0) is 60.7 Å². The minimum Gasteiger partial charge on any atom is -0.491 e. The Hall–Kier alpha value is -8.05. The molecule has 0 atom stereocenters. The van der Waals surface area contributed by atoms with Gasteiger partial charge in [0.25, 0.3) is 60.7 Å². The zero-order chi connectivity index (χ0) is 64.0. The molecule has 0 saturated carbocycles. The number of azo groups is 2. The zero-order valence-corrected chi connectivity index (χ0v) is 50.8. The lowest BCUT2D eigenvalue weighted by molar-refractivity contribution is 0.317. The van der Waals surface area contributed by atoms with Crippen LogP contribution in [0.3, 0.4) is 0 Å². The van der Waals surface area contributed by atoms with Crippen molar-refractivity contribution in [1.82, 2.24) is 20.3 Å². The Balaban J connectivity index is 1.21. The normalized spacial score (nSPS) is 14.3. The van der Waals surface area contributed by atoms with E-state index in [1.165, 1.54) is 72.8 Å². The summed E-state index contributed by atoms with van der Waals surface area (Å²) in [5, 5.41) is 20.0. The zero-order valence-electron chi connectivity index (χ0n) is 45.9. The van der Waals surface area contributed by atoms with Crippen molar-refractivity contribution in [2.45, 2.75) is 46.3 Å². The van der Waals surface area contributed by atoms with Crippen molar-refractivity contribution in [3.05, 3.63) is 132 Å². The van der Waals surface area contributed by atoms with Crippen LogP contribution in [0.2, 0.25) is 0 Å². The number of nitrogens with one attached hydrogen (secondary N) is 3. The highest BCUT2D eigenvalue weighted by molar-refractivity contribution is 7.87. The standard InChI is InChI=1S/C51H53N11O20S6/c1-31-25-43(45(81-21-3-23-83(63,64)65)29-41(31)60-58-39-15-9-35(27-47(39)87(75,76)77)33-5-11-37(12-6-33)85(69,70)71)53-49-55-50(57-51(56-49)62-19-17-52-18-20-62)54-44-26-32(2)42(30-46(44)82-22-4-24-84(66,67)68)61-59-40-16-10-36(28-48(40)88(78,79)80)34-7-13-38(14-8-34)86(72,73)74/h5-16,25-30,52H,3-4,17-24H2,1-2H3,(H,63,64,65)(H,66,67,68)(H,69,70,71)(H,72,73,74)(H,75,76,77)(H,78,79,80)(H2,53,54,55,56,57). The van der Waals surface area contributed by atoms with Gasteiger partial charge < -0.3 is 19.7 Å². The van der Waals surface area contributed by atoms with E-state index in [-0.39, 0.29) is 100.0 Å². The topological polar surface area (TPSA) is 479 Å². The lowest BCUT2D eigenvalue weighted by atomic mass is 10.1. The smallest absolute Gasteiger partial charge is 0.296 e. The van der Waals surface area contributed by atoms with Crippen molar-refractivity contribution in [2.24, 2.45) is 30.4 Å². The molecule has 8 rings (SSSR count). The van der Waals surface area contributed by atoms with Gasteiger partial charge in [0.1, 0.15) is 44.0 Å². The molecule has 88 heavy (non-hydrogen) atoms. The summed E-state index contributed by atoms with van der Waals surface area (Å²) in [6, 6.07) is 22.7. The summed E-state index contributed by atoms with van der Waals surface area (Å²) in [5.74, 6) is -1.19. The van der Waals surface area contributed by atoms with Crippen molar-refractivity contribution < 1.29 is 87.3 Å². The summed E-state index contributed by atoms with van der Waals surface area (Å²) in [6.07, 6.45) is -0.402. The lowest BCUT2D eigenvalue weighted by Gasteiger charge is -2.27. The van der Waals surface area contributed by atoms with Crippen LogP contribution in [-0.4, -0.2) is 144 Å². The highest BCUT2D eigenvalue weighted by Crippen LogP contribution is 2.40. The number of piperazine rings is 1. The number of H-pyrrole nitrogens is 2. The average molecular weight is 1330 g/mol. The first-order valence-corrected chi connectivity index (χ1v) is 34.6. The number of aromatic nitrogens is 3. The largest absolute Gasteiger partial charge is 0.491 e. The fourth-order valence-corrected chi connectivity index (χ4v) is 11.6. The molecule has 2 heterocycles.